The van der Waals surface area contributed by atoms with Gasteiger partial charge in [0.15, 0.2) is 0 Å². The average Bonchev–Trinajstić information content (AvgIpc) is 2.99. The number of carboxylic acid groups (broad SMARTS) is 1. The lowest BCUT2D eigenvalue weighted by molar-refractivity contribution is -0.137. The zero-order chi connectivity index (χ0) is 33.6. The van der Waals surface area contributed by atoms with Crippen molar-refractivity contribution in [3.8, 4) is 22.6 Å². The molecule has 1 amide bonds. The lowest BCUT2D eigenvalue weighted by Crippen LogP contribution is -2.49. The smallest absolute Gasteiger partial charge is 0.305 e. The molecule has 2 aliphatic rings. The number of amides is 1. The Morgan fingerprint density at radius 2 is 1.74 bits per heavy atom. The second-order valence-corrected chi connectivity index (χ2v) is 12.3. The molecule has 11 heteroatoms. The molecular weight excluding hydrogens is 611 g/mol. The van der Waals surface area contributed by atoms with Crippen LogP contribution in [0.2, 0.25) is 0 Å². The molecule has 1 fully saturated rings. The van der Waals surface area contributed by atoms with Gasteiger partial charge in [-0.2, -0.15) is 0 Å². The predicted molar refractivity (Wildman–Crippen MR) is 170 cm³/mol. The van der Waals surface area contributed by atoms with E-state index in [1.807, 2.05) is 17.9 Å². The number of carbonyl (C=O) groups excluding carboxylic acids is 1. The summed E-state index contributed by atoms with van der Waals surface area (Å²) < 4.78 is 52.5. The standard InChI is InChI=1S/C36H34F3N3O5/c1-19-5-4-6-30-32(19)23-12-20(2)33(39)27(13-23)29(15-31(43)44)40-35(45)34(26-14-25(47-30)7-8-28(26)38)42-16-22(11-21(3)36(42)46)9-10-41-17-24(37)18-41/h4-8,11-14,16,24,29,34H,9-10,15,17-18H2,1-3H3,(H,40,45)(H,43,44). The van der Waals surface area contributed by atoms with Gasteiger partial charge in [0, 0.05) is 48.1 Å². The average molecular weight is 646 g/mol. The van der Waals surface area contributed by atoms with Crippen LogP contribution in [0.5, 0.6) is 11.5 Å². The van der Waals surface area contributed by atoms with E-state index in [2.05, 4.69) is 5.32 Å². The Balaban J connectivity index is 1.56. The van der Waals surface area contributed by atoms with E-state index < -0.39 is 53.7 Å². The lowest BCUT2D eigenvalue weighted by Gasteiger charge is -2.34. The van der Waals surface area contributed by atoms with Gasteiger partial charge in [0.1, 0.15) is 35.3 Å². The summed E-state index contributed by atoms with van der Waals surface area (Å²) in [4.78, 5) is 42.0. The largest absolute Gasteiger partial charge is 0.481 e. The highest BCUT2D eigenvalue weighted by Gasteiger charge is 2.33. The van der Waals surface area contributed by atoms with Gasteiger partial charge < -0.3 is 15.2 Å². The van der Waals surface area contributed by atoms with Crippen LogP contribution in [0.25, 0.3) is 11.1 Å². The van der Waals surface area contributed by atoms with Crippen LogP contribution in [-0.2, 0) is 16.0 Å². The molecule has 2 aliphatic heterocycles. The van der Waals surface area contributed by atoms with Crippen molar-refractivity contribution in [3.05, 3.63) is 116 Å². The fourth-order valence-electron chi connectivity index (χ4n) is 6.42. The number of nitrogens with zero attached hydrogens (tertiary/aromatic N) is 2. The number of pyridine rings is 1. The number of aromatic nitrogens is 1. The number of fused-ring (bicyclic) bond motifs is 6. The Kier molecular flexibility index (Phi) is 8.67. The van der Waals surface area contributed by atoms with Gasteiger partial charge in [-0.25, -0.2) is 13.2 Å². The SMILES string of the molecule is Cc1cc2cc(c1F)C(CC(=O)O)NC(=O)C(n1cc(CCN3CC(F)C3)cc(C)c1=O)c1cc(ccc1F)Oc1cccc(C)c1-2. The van der Waals surface area contributed by atoms with Crippen molar-refractivity contribution >= 4 is 11.9 Å². The number of benzene rings is 3. The van der Waals surface area contributed by atoms with Crippen molar-refractivity contribution in [3.63, 3.8) is 0 Å². The van der Waals surface area contributed by atoms with Gasteiger partial charge in [-0.1, -0.05) is 12.1 Å². The van der Waals surface area contributed by atoms with Gasteiger partial charge in [0.2, 0.25) is 5.91 Å². The molecule has 0 saturated carbocycles. The Hall–Kier alpha value is -4.90. The number of halogens is 3. The molecule has 4 bridgehead atoms. The van der Waals surface area contributed by atoms with E-state index in [0.717, 1.165) is 16.2 Å². The number of nitrogens with one attached hydrogen (secondary N) is 1. The third kappa shape index (κ3) is 6.40. The lowest BCUT2D eigenvalue weighted by atomic mass is 9.92. The number of hydrogen-bond donors (Lipinski definition) is 2. The number of ether oxygens (including phenoxy) is 1. The first-order valence-corrected chi connectivity index (χ1v) is 15.4. The van der Waals surface area contributed by atoms with Crippen LogP contribution in [0.15, 0.2) is 65.6 Å². The minimum absolute atomic E-state index is 0.0758. The topological polar surface area (TPSA) is 101 Å². The van der Waals surface area contributed by atoms with Gasteiger partial charge in [-0.3, -0.25) is 23.9 Å². The van der Waals surface area contributed by atoms with Gasteiger partial charge in [-0.15, -0.1) is 0 Å². The van der Waals surface area contributed by atoms with Crippen LogP contribution >= 0.6 is 0 Å². The molecule has 0 spiro atoms. The molecule has 244 valence electrons. The third-order valence-electron chi connectivity index (χ3n) is 8.80. The third-order valence-corrected chi connectivity index (χ3v) is 8.80. The van der Waals surface area contributed by atoms with Crippen molar-refractivity contribution in [2.24, 2.45) is 0 Å². The first kappa shape index (κ1) is 32.1. The summed E-state index contributed by atoms with van der Waals surface area (Å²) in [5.41, 5.74) is 2.25. The quantitative estimate of drug-likeness (QED) is 0.269. The molecular formula is C36H34F3N3O5. The molecule has 3 aromatic carbocycles. The zero-order valence-electron chi connectivity index (χ0n) is 26.1. The Morgan fingerprint density at radius 3 is 2.47 bits per heavy atom. The van der Waals surface area contributed by atoms with Gasteiger partial charge in [0.25, 0.3) is 5.56 Å². The molecule has 0 radical (unpaired) electrons. The first-order chi connectivity index (χ1) is 22.4. The fraction of sp³-hybridized carbons (Fsp3) is 0.306. The number of aliphatic carboxylic acids is 1. The number of hydrogen-bond acceptors (Lipinski definition) is 5. The highest BCUT2D eigenvalue weighted by molar-refractivity contribution is 5.85. The molecule has 2 unspecified atom stereocenters. The van der Waals surface area contributed by atoms with E-state index in [0.29, 0.717) is 54.1 Å². The molecule has 8 nitrogen and oxygen atoms in total. The predicted octanol–water partition coefficient (Wildman–Crippen LogP) is 5.94. The second-order valence-electron chi connectivity index (χ2n) is 12.3. The Bertz CT molecular complexity index is 1950. The van der Waals surface area contributed by atoms with Crippen molar-refractivity contribution < 1.29 is 32.6 Å². The first-order valence-electron chi connectivity index (χ1n) is 15.4. The molecule has 2 atom stereocenters. The summed E-state index contributed by atoms with van der Waals surface area (Å²) in [5, 5.41) is 12.5. The van der Waals surface area contributed by atoms with Crippen LogP contribution in [0.4, 0.5) is 13.2 Å². The van der Waals surface area contributed by atoms with Gasteiger partial charge in [0.05, 0.1) is 12.5 Å². The normalized spacial score (nSPS) is 18.1. The molecule has 47 heavy (non-hydrogen) atoms. The van der Waals surface area contributed by atoms with Crippen LogP contribution < -0.4 is 15.6 Å². The van der Waals surface area contributed by atoms with E-state index in [4.69, 9.17) is 4.74 Å². The summed E-state index contributed by atoms with van der Waals surface area (Å²) >= 11 is 0. The van der Waals surface area contributed by atoms with Crippen molar-refractivity contribution in [2.45, 2.75) is 51.9 Å². The fourth-order valence-corrected chi connectivity index (χ4v) is 6.42. The Morgan fingerprint density at radius 1 is 0.979 bits per heavy atom. The maximum Gasteiger partial charge on any atom is 0.305 e. The number of alkyl halides is 1. The molecule has 3 heterocycles. The monoisotopic (exact) mass is 645 g/mol. The van der Waals surface area contributed by atoms with Crippen molar-refractivity contribution in [1.29, 1.82) is 0 Å². The molecule has 1 saturated heterocycles. The van der Waals surface area contributed by atoms with Crippen molar-refractivity contribution in [1.82, 2.24) is 14.8 Å². The summed E-state index contributed by atoms with van der Waals surface area (Å²) in [7, 11) is 0. The van der Waals surface area contributed by atoms with E-state index in [1.54, 1.807) is 38.1 Å². The molecule has 1 aromatic heterocycles. The maximum atomic E-state index is 15.9. The maximum absolute atomic E-state index is 15.9. The van der Waals surface area contributed by atoms with E-state index in [-0.39, 0.29) is 22.4 Å². The van der Waals surface area contributed by atoms with Crippen molar-refractivity contribution in [2.75, 3.05) is 19.6 Å². The molecule has 6 rings (SSSR count). The molecule has 4 aromatic rings. The number of likely N-dealkylation sites (tertiary alicyclic amines) is 1. The summed E-state index contributed by atoms with van der Waals surface area (Å²) in [5.74, 6) is -3.16. The van der Waals surface area contributed by atoms with E-state index >= 15 is 8.78 Å². The number of aryl methyl sites for hydroxylation is 3. The highest BCUT2D eigenvalue weighted by Crippen LogP contribution is 2.40. The van der Waals surface area contributed by atoms with Crippen LogP contribution in [0.1, 0.15) is 51.9 Å². The van der Waals surface area contributed by atoms with Crippen LogP contribution in [0, 0.1) is 32.4 Å². The zero-order valence-corrected chi connectivity index (χ0v) is 26.1. The Labute approximate surface area is 269 Å². The van der Waals surface area contributed by atoms with Crippen LogP contribution in [-0.4, -0.2) is 52.3 Å². The molecule has 0 aliphatic carbocycles. The minimum atomic E-state index is -1.62. The summed E-state index contributed by atoms with van der Waals surface area (Å²) in [6, 6.07) is 11.0. The minimum Gasteiger partial charge on any atom is -0.481 e. The highest BCUT2D eigenvalue weighted by atomic mass is 19.1. The van der Waals surface area contributed by atoms with Crippen LogP contribution in [0.3, 0.4) is 0 Å². The number of carboxylic acids is 1. The summed E-state index contributed by atoms with van der Waals surface area (Å²) in [6.45, 7) is 6.11. The van der Waals surface area contributed by atoms with E-state index in [9.17, 15) is 23.9 Å². The second kappa shape index (κ2) is 12.7. The van der Waals surface area contributed by atoms with E-state index in [1.165, 1.54) is 24.4 Å². The van der Waals surface area contributed by atoms with Gasteiger partial charge >= 0.3 is 5.97 Å². The molecule has 2 N–H and O–H groups in total. The number of rotatable bonds is 6. The van der Waals surface area contributed by atoms with Gasteiger partial charge in [-0.05, 0) is 91.9 Å². The summed E-state index contributed by atoms with van der Waals surface area (Å²) in [6.07, 6.45) is 0.338. The number of carbonyl (C=O) groups is 2.